The highest BCUT2D eigenvalue weighted by Crippen LogP contribution is 2.37. The number of methoxy groups -OCH3 is 1. The van der Waals surface area contributed by atoms with Crippen LogP contribution in [0, 0.1) is 0 Å². The van der Waals surface area contributed by atoms with Crippen molar-refractivity contribution in [2.75, 3.05) is 7.11 Å². The summed E-state index contributed by atoms with van der Waals surface area (Å²) >= 11 is 13.0. The first-order valence-corrected chi connectivity index (χ1v) is 8.49. The second-order valence-electron chi connectivity index (χ2n) is 4.79. The minimum Gasteiger partial charge on any atom is -0.488 e. The molecule has 1 aliphatic rings. The van der Waals surface area contributed by atoms with Crippen molar-refractivity contribution in [1.29, 1.82) is 0 Å². The van der Waals surface area contributed by atoms with Gasteiger partial charge in [-0.05, 0) is 68.8 Å². The van der Waals surface area contributed by atoms with E-state index in [1.807, 2.05) is 12.1 Å². The van der Waals surface area contributed by atoms with Crippen molar-refractivity contribution in [3.63, 3.8) is 0 Å². The molecule has 0 heterocycles. The zero-order valence-corrected chi connectivity index (χ0v) is 14.7. The summed E-state index contributed by atoms with van der Waals surface area (Å²) in [7, 11) is 1.77. The monoisotopic (exact) mass is 410 g/mol. The van der Waals surface area contributed by atoms with Crippen molar-refractivity contribution in [3.8, 4) is 5.75 Å². The molecule has 0 radical (unpaired) electrons. The number of hydrogen-bond acceptors (Lipinski definition) is 2. The minimum absolute atomic E-state index is 0.216. The van der Waals surface area contributed by atoms with Gasteiger partial charge in [-0.1, -0.05) is 0 Å². The molecule has 1 fully saturated rings. The number of benzene rings is 1. The second kappa shape index (κ2) is 7.30. The van der Waals surface area contributed by atoms with Crippen LogP contribution in [0.5, 0.6) is 5.75 Å². The number of halogens is 3. The van der Waals surface area contributed by atoms with E-state index in [-0.39, 0.29) is 6.10 Å². The summed E-state index contributed by atoms with van der Waals surface area (Å²) in [5, 5.41) is 0. The summed E-state index contributed by atoms with van der Waals surface area (Å²) in [6.07, 6.45) is 4.84. The standard InChI is InChI=1S/C14H17Br2ClO2/c1-18-10-3-2-4-11(7-10)19-14-12(15)5-9(8-17)6-13(14)16/h5-6,10-11H,2-4,7-8H2,1H3. The predicted octanol–water partition coefficient (Wildman–Crippen LogP) is 5.29. The van der Waals surface area contributed by atoms with Crippen molar-refractivity contribution < 1.29 is 9.47 Å². The number of hydrogen-bond donors (Lipinski definition) is 0. The topological polar surface area (TPSA) is 18.5 Å². The van der Waals surface area contributed by atoms with E-state index in [0.29, 0.717) is 12.0 Å². The van der Waals surface area contributed by atoms with E-state index >= 15 is 0 Å². The van der Waals surface area contributed by atoms with Crippen LogP contribution in [0.25, 0.3) is 0 Å². The second-order valence-corrected chi connectivity index (χ2v) is 6.76. The normalized spacial score (nSPS) is 23.4. The van der Waals surface area contributed by atoms with Crippen LogP contribution >= 0.6 is 43.5 Å². The molecule has 2 atom stereocenters. The first-order valence-electron chi connectivity index (χ1n) is 6.37. The summed E-state index contributed by atoms with van der Waals surface area (Å²) < 4.78 is 13.5. The Balaban J connectivity index is 2.10. The van der Waals surface area contributed by atoms with Gasteiger partial charge in [-0.3, -0.25) is 0 Å². The number of alkyl halides is 1. The zero-order valence-electron chi connectivity index (χ0n) is 10.8. The average Bonchev–Trinajstić information content (AvgIpc) is 2.42. The molecule has 1 aromatic carbocycles. The molecule has 0 aliphatic heterocycles. The van der Waals surface area contributed by atoms with Gasteiger partial charge in [0, 0.05) is 19.4 Å². The van der Waals surface area contributed by atoms with Crippen molar-refractivity contribution in [1.82, 2.24) is 0 Å². The molecule has 0 bridgehead atoms. The van der Waals surface area contributed by atoms with E-state index in [4.69, 9.17) is 21.1 Å². The Morgan fingerprint density at radius 2 is 1.84 bits per heavy atom. The van der Waals surface area contributed by atoms with Gasteiger partial charge in [0.15, 0.2) is 0 Å². The quantitative estimate of drug-likeness (QED) is 0.626. The molecule has 106 valence electrons. The van der Waals surface area contributed by atoms with Gasteiger partial charge in [0.2, 0.25) is 0 Å². The lowest BCUT2D eigenvalue weighted by atomic mass is 9.95. The van der Waals surface area contributed by atoms with E-state index in [1.54, 1.807) is 7.11 Å². The Bertz CT molecular complexity index is 416. The van der Waals surface area contributed by atoms with Crippen LogP contribution in [-0.2, 0) is 10.6 Å². The van der Waals surface area contributed by atoms with Crippen LogP contribution in [0.3, 0.4) is 0 Å². The smallest absolute Gasteiger partial charge is 0.148 e. The van der Waals surface area contributed by atoms with Gasteiger partial charge >= 0.3 is 0 Å². The Kier molecular flexibility index (Phi) is 6.00. The molecule has 1 aromatic rings. The third-order valence-electron chi connectivity index (χ3n) is 3.41. The molecule has 0 aromatic heterocycles. The molecular formula is C14H17Br2ClO2. The van der Waals surface area contributed by atoms with Crippen molar-refractivity contribution in [2.45, 2.75) is 43.8 Å². The van der Waals surface area contributed by atoms with Gasteiger partial charge < -0.3 is 9.47 Å². The van der Waals surface area contributed by atoms with Crippen LogP contribution in [0.2, 0.25) is 0 Å². The lowest BCUT2D eigenvalue weighted by molar-refractivity contribution is 0.0205. The molecule has 0 saturated heterocycles. The third-order valence-corrected chi connectivity index (χ3v) is 4.89. The van der Waals surface area contributed by atoms with Crippen molar-refractivity contribution in [3.05, 3.63) is 26.6 Å². The maximum absolute atomic E-state index is 6.13. The summed E-state index contributed by atoms with van der Waals surface area (Å²) in [5.74, 6) is 1.35. The van der Waals surface area contributed by atoms with Gasteiger partial charge in [-0.25, -0.2) is 0 Å². The fraction of sp³-hybridized carbons (Fsp3) is 0.571. The zero-order chi connectivity index (χ0) is 13.8. The van der Waals surface area contributed by atoms with Crippen LogP contribution in [0.4, 0.5) is 0 Å². The fourth-order valence-electron chi connectivity index (χ4n) is 2.39. The molecule has 0 N–H and O–H groups in total. The lowest BCUT2D eigenvalue weighted by Gasteiger charge is -2.29. The van der Waals surface area contributed by atoms with Gasteiger partial charge in [0.1, 0.15) is 11.9 Å². The number of rotatable bonds is 4. The Hall–Kier alpha value is 0.230. The van der Waals surface area contributed by atoms with Crippen LogP contribution < -0.4 is 4.74 Å². The number of ether oxygens (including phenoxy) is 2. The summed E-state index contributed by atoms with van der Waals surface area (Å²) in [4.78, 5) is 0. The van der Waals surface area contributed by atoms with Crippen molar-refractivity contribution >= 4 is 43.5 Å². The summed E-state index contributed by atoms with van der Waals surface area (Å²) in [6, 6.07) is 4.01. The third kappa shape index (κ3) is 4.10. The molecule has 19 heavy (non-hydrogen) atoms. The minimum atomic E-state index is 0.216. The first-order chi connectivity index (χ1) is 9.13. The van der Waals surface area contributed by atoms with Gasteiger partial charge in [0.05, 0.1) is 15.0 Å². The van der Waals surface area contributed by atoms with Crippen LogP contribution in [-0.4, -0.2) is 19.3 Å². The molecule has 1 saturated carbocycles. The van der Waals surface area contributed by atoms with Gasteiger partial charge in [-0.15, -0.1) is 11.6 Å². The van der Waals surface area contributed by atoms with Crippen LogP contribution in [0.1, 0.15) is 31.2 Å². The molecule has 5 heteroatoms. The van der Waals surface area contributed by atoms with Crippen molar-refractivity contribution in [2.24, 2.45) is 0 Å². The highest BCUT2D eigenvalue weighted by molar-refractivity contribution is 9.11. The largest absolute Gasteiger partial charge is 0.488 e. The van der Waals surface area contributed by atoms with E-state index < -0.39 is 0 Å². The van der Waals surface area contributed by atoms with E-state index in [1.165, 1.54) is 0 Å². The van der Waals surface area contributed by atoms with Gasteiger partial charge in [0.25, 0.3) is 0 Å². The molecule has 0 amide bonds. The van der Waals surface area contributed by atoms with E-state index in [2.05, 4.69) is 31.9 Å². The maximum Gasteiger partial charge on any atom is 0.148 e. The molecule has 2 unspecified atom stereocenters. The molecule has 0 spiro atoms. The molecule has 1 aliphatic carbocycles. The summed E-state index contributed by atoms with van der Waals surface area (Å²) in [5.41, 5.74) is 1.06. The Morgan fingerprint density at radius 1 is 1.21 bits per heavy atom. The fourth-order valence-corrected chi connectivity index (χ4v) is 4.01. The molecule has 2 rings (SSSR count). The van der Waals surface area contributed by atoms with E-state index in [9.17, 15) is 0 Å². The summed E-state index contributed by atoms with van der Waals surface area (Å²) in [6.45, 7) is 0. The SMILES string of the molecule is COC1CCCC(Oc2c(Br)cc(CCl)cc2Br)C1. The highest BCUT2D eigenvalue weighted by atomic mass is 79.9. The first kappa shape index (κ1) is 15.6. The molecule has 2 nitrogen and oxygen atoms in total. The highest BCUT2D eigenvalue weighted by Gasteiger charge is 2.24. The Labute approximate surface area is 136 Å². The maximum atomic E-state index is 6.13. The Morgan fingerprint density at radius 3 is 2.42 bits per heavy atom. The lowest BCUT2D eigenvalue weighted by Crippen LogP contribution is -2.29. The average molecular weight is 413 g/mol. The molecular weight excluding hydrogens is 395 g/mol. The van der Waals surface area contributed by atoms with Gasteiger partial charge in [-0.2, -0.15) is 0 Å². The van der Waals surface area contributed by atoms with E-state index in [0.717, 1.165) is 45.9 Å². The predicted molar refractivity (Wildman–Crippen MR) is 85.1 cm³/mol. The van der Waals surface area contributed by atoms with Crippen LogP contribution in [0.15, 0.2) is 21.1 Å².